The van der Waals surface area contributed by atoms with Crippen molar-refractivity contribution in [1.29, 1.82) is 0 Å². The summed E-state index contributed by atoms with van der Waals surface area (Å²) in [4.78, 5) is 11.5. The monoisotopic (exact) mass is 440 g/mol. The number of aromatic nitrogens is 2. The molecule has 4 rings (SSSR count). The summed E-state index contributed by atoms with van der Waals surface area (Å²) in [5.74, 6) is 1.15. The topological polar surface area (TPSA) is 75.0 Å². The Kier molecular flexibility index (Phi) is 8.70. The van der Waals surface area contributed by atoms with Gasteiger partial charge in [0.15, 0.2) is 22.5 Å². The highest BCUT2D eigenvalue weighted by molar-refractivity contribution is 6.32. The highest BCUT2D eigenvalue weighted by Crippen LogP contribution is 2.33. The van der Waals surface area contributed by atoms with Crippen molar-refractivity contribution in [2.24, 2.45) is 10.2 Å². The van der Waals surface area contributed by atoms with E-state index in [4.69, 9.17) is 21.3 Å². The molecule has 2 aromatic rings. The maximum Gasteiger partial charge on any atom is 0.165 e. The van der Waals surface area contributed by atoms with E-state index in [1.54, 1.807) is 0 Å². The average Bonchev–Trinajstić information content (AvgIpc) is 2.80. The van der Waals surface area contributed by atoms with Crippen LogP contribution in [-0.4, -0.2) is 54.3 Å². The van der Waals surface area contributed by atoms with E-state index in [2.05, 4.69) is 37.6 Å². The Labute approximate surface area is 188 Å². The van der Waals surface area contributed by atoms with Crippen LogP contribution in [0.3, 0.4) is 0 Å². The molecule has 1 aromatic heterocycles. The predicted octanol–water partition coefficient (Wildman–Crippen LogP) is 5.49. The van der Waals surface area contributed by atoms with Crippen LogP contribution in [-0.2, 0) is 4.74 Å². The van der Waals surface area contributed by atoms with Crippen LogP contribution < -0.4 is 5.32 Å². The van der Waals surface area contributed by atoms with Gasteiger partial charge in [-0.05, 0) is 18.9 Å². The molecule has 8 heteroatoms. The van der Waals surface area contributed by atoms with E-state index in [1.165, 1.54) is 0 Å². The van der Waals surface area contributed by atoms with E-state index >= 15 is 0 Å². The molecule has 2 aliphatic rings. The van der Waals surface area contributed by atoms with Crippen molar-refractivity contribution >= 4 is 23.1 Å². The van der Waals surface area contributed by atoms with Crippen LogP contribution in [0.1, 0.15) is 20.3 Å². The Morgan fingerprint density at radius 2 is 1.87 bits per heavy atom. The Morgan fingerprint density at radius 3 is 2.61 bits per heavy atom. The number of azo groups is 1. The quantitative estimate of drug-likeness (QED) is 0.454. The van der Waals surface area contributed by atoms with Crippen LogP contribution in [0.25, 0.3) is 11.4 Å². The van der Waals surface area contributed by atoms with Crippen molar-refractivity contribution in [2.75, 3.05) is 44.7 Å². The average molecular weight is 441 g/mol. The summed E-state index contributed by atoms with van der Waals surface area (Å²) < 4.78 is 5.42. The molecule has 0 saturated carbocycles. The van der Waals surface area contributed by atoms with Crippen LogP contribution in [0.2, 0.25) is 5.15 Å². The molecule has 0 atom stereocenters. The molecule has 1 saturated heterocycles. The van der Waals surface area contributed by atoms with Crippen molar-refractivity contribution in [2.45, 2.75) is 20.3 Å². The molecule has 7 nitrogen and oxygen atoms in total. The third kappa shape index (κ3) is 6.43. The van der Waals surface area contributed by atoms with Gasteiger partial charge in [-0.2, -0.15) is 5.11 Å². The lowest BCUT2D eigenvalue weighted by Gasteiger charge is -2.26. The lowest BCUT2D eigenvalue weighted by Crippen LogP contribution is -2.39. The van der Waals surface area contributed by atoms with Gasteiger partial charge in [0, 0.05) is 31.7 Å². The second-order valence-corrected chi connectivity index (χ2v) is 7.45. The van der Waals surface area contributed by atoms with Gasteiger partial charge in [0.2, 0.25) is 0 Å². The Morgan fingerprint density at radius 1 is 1.06 bits per heavy atom. The number of rotatable bonds is 7. The fraction of sp³-hybridized carbons (Fsp3) is 0.391. The molecule has 1 aromatic carbocycles. The number of ether oxygens (including phenoxy) is 1. The summed E-state index contributed by atoms with van der Waals surface area (Å²) in [5.41, 5.74) is 2.18. The molecule has 0 spiro atoms. The molecule has 1 aliphatic heterocycles. The minimum atomic E-state index is 0. The fourth-order valence-corrected chi connectivity index (χ4v) is 3.50. The summed E-state index contributed by atoms with van der Waals surface area (Å²) in [6.07, 6.45) is 8.11. The van der Waals surface area contributed by atoms with E-state index in [0.29, 0.717) is 23.9 Å². The first-order chi connectivity index (χ1) is 14.8. The molecule has 31 heavy (non-hydrogen) atoms. The molecular weight excluding hydrogens is 412 g/mol. The molecular formula is C23H29ClN6O. The van der Waals surface area contributed by atoms with Gasteiger partial charge in [0.05, 0.1) is 18.9 Å². The normalized spacial score (nSPS) is 16.7. The smallest absolute Gasteiger partial charge is 0.165 e. The largest absolute Gasteiger partial charge is 0.379 e. The van der Waals surface area contributed by atoms with Crippen LogP contribution >= 0.6 is 11.6 Å². The van der Waals surface area contributed by atoms with E-state index in [9.17, 15) is 0 Å². The molecule has 0 radical (unpaired) electrons. The van der Waals surface area contributed by atoms with Crippen molar-refractivity contribution in [3.05, 3.63) is 59.4 Å². The second-order valence-electron chi connectivity index (χ2n) is 7.09. The number of anilines is 1. The lowest BCUT2D eigenvalue weighted by atomic mass is 10.2. The van der Waals surface area contributed by atoms with Crippen LogP contribution in [0.5, 0.6) is 0 Å². The molecule has 0 unspecified atom stereocenters. The third-order valence-corrected chi connectivity index (χ3v) is 5.20. The van der Waals surface area contributed by atoms with Crippen molar-refractivity contribution in [3.63, 3.8) is 0 Å². The molecule has 0 amide bonds. The van der Waals surface area contributed by atoms with Crippen LogP contribution in [0.4, 0.5) is 11.5 Å². The SMILES string of the molecule is C.Clc1nc(-c2ccccc2)nc(NCCN2CCOCC2)c1N=NC1=CCCC=C1. The van der Waals surface area contributed by atoms with Gasteiger partial charge in [0.1, 0.15) is 0 Å². The van der Waals surface area contributed by atoms with Gasteiger partial charge in [-0.25, -0.2) is 9.97 Å². The number of nitrogens with one attached hydrogen (secondary N) is 1. The number of morpholine rings is 1. The second kappa shape index (κ2) is 11.7. The van der Waals surface area contributed by atoms with Crippen molar-refractivity contribution in [1.82, 2.24) is 14.9 Å². The van der Waals surface area contributed by atoms with Gasteiger partial charge in [0.25, 0.3) is 0 Å². The number of hydrogen-bond donors (Lipinski definition) is 1. The Hall–Kier alpha value is -2.61. The zero-order valence-corrected chi connectivity index (χ0v) is 17.6. The van der Waals surface area contributed by atoms with E-state index in [-0.39, 0.29) is 12.6 Å². The summed E-state index contributed by atoms with van der Waals surface area (Å²) in [6.45, 7) is 5.03. The highest BCUT2D eigenvalue weighted by Gasteiger charge is 2.16. The zero-order valence-electron chi connectivity index (χ0n) is 16.8. The fourth-order valence-electron chi connectivity index (χ4n) is 3.29. The minimum absolute atomic E-state index is 0. The molecule has 0 bridgehead atoms. The van der Waals surface area contributed by atoms with Crippen LogP contribution in [0, 0.1) is 0 Å². The Bertz CT molecular complexity index is 939. The molecule has 1 N–H and O–H groups in total. The summed E-state index contributed by atoms with van der Waals surface area (Å²) in [7, 11) is 0. The summed E-state index contributed by atoms with van der Waals surface area (Å²) >= 11 is 6.52. The zero-order chi connectivity index (χ0) is 20.6. The maximum atomic E-state index is 6.52. The van der Waals surface area contributed by atoms with E-state index in [0.717, 1.165) is 57.0 Å². The van der Waals surface area contributed by atoms with Gasteiger partial charge in [-0.15, -0.1) is 5.11 Å². The first kappa shape index (κ1) is 23.1. The van der Waals surface area contributed by atoms with Gasteiger partial charge in [-0.1, -0.05) is 61.5 Å². The van der Waals surface area contributed by atoms with E-state index in [1.807, 2.05) is 36.4 Å². The van der Waals surface area contributed by atoms with Gasteiger partial charge < -0.3 is 10.1 Å². The number of halogens is 1. The maximum absolute atomic E-state index is 6.52. The lowest BCUT2D eigenvalue weighted by molar-refractivity contribution is 0.0398. The van der Waals surface area contributed by atoms with Gasteiger partial charge >= 0.3 is 0 Å². The first-order valence-corrected chi connectivity index (χ1v) is 10.6. The standard InChI is InChI=1S/C22H25ClN6O.CH4/c23-20-19(28-27-18-9-5-2-6-10-18)22(24-11-12-29-13-15-30-16-14-29)26-21(25-20)17-7-3-1-4-8-17;/h1,3-5,7-10H,2,6,11-16H2,(H,24,25,26);1H4. The third-order valence-electron chi connectivity index (χ3n) is 4.94. The molecule has 1 fully saturated rings. The van der Waals surface area contributed by atoms with Crippen molar-refractivity contribution in [3.8, 4) is 11.4 Å². The highest BCUT2D eigenvalue weighted by atomic mass is 35.5. The number of hydrogen-bond acceptors (Lipinski definition) is 7. The van der Waals surface area contributed by atoms with Gasteiger partial charge in [-0.3, -0.25) is 4.90 Å². The molecule has 164 valence electrons. The molecule has 2 heterocycles. The molecule has 1 aliphatic carbocycles. The minimum Gasteiger partial charge on any atom is -0.379 e. The van der Waals surface area contributed by atoms with Crippen LogP contribution in [0.15, 0.2) is 64.5 Å². The summed E-state index contributed by atoms with van der Waals surface area (Å²) in [6, 6.07) is 9.78. The number of allylic oxidation sites excluding steroid dienone is 3. The van der Waals surface area contributed by atoms with Crippen molar-refractivity contribution < 1.29 is 4.74 Å². The summed E-state index contributed by atoms with van der Waals surface area (Å²) in [5, 5.41) is 12.4. The van der Waals surface area contributed by atoms with E-state index < -0.39 is 0 Å². The predicted molar refractivity (Wildman–Crippen MR) is 126 cm³/mol. The number of nitrogens with zero attached hydrogens (tertiary/aromatic N) is 5. The first-order valence-electron chi connectivity index (χ1n) is 10.2. The Balaban J connectivity index is 0.00000272. The number of benzene rings is 1.